The molecule has 0 atom stereocenters. The van der Waals surface area contributed by atoms with E-state index in [0.29, 0.717) is 5.56 Å². The minimum absolute atomic E-state index is 0.0947. The highest BCUT2D eigenvalue weighted by Crippen LogP contribution is 2.17. The summed E-state index contributed by atoms with van der Waals surface area (Å²) in [5.41, 5.74) is 2.07. The molecule has 3 aromatic rings. The fourth-order valence-electron chi connectivity index (χ4n) is 3.59. The molecule has 25 heavy (non-hydrogen) atoms. The van der Waals surface area contributed by atoms with Crippen molar-refractivity contribution in [3.05, 3.63) is 78.1 Å². The van der Waals surface area contributed by atoms with E-state index < -0.39 is 0 Å². The molecule has 1 aromatic heterocycles. The molecule has 4 heteroatoms. The van der Waals surface area contributed by atoms with Gasteiger partial charge >= 0.3 is 0 Å². The molecule has 1 N–H and O–H groups in total. The maximum Gasteiger partial charge on any atom is 0.255 e. The predicted molar refractivity (Wildman–Crippen MR) is 98.5 cm³/mol. The molecule has 2 heterocycles. The lowest BCUT2D eigenvalue weighted by molar-refractivity contribution is -0.917. The van der Waals surface area contributed by atoms with E-state index in [9.17, 15) is 4.79 Å². The first kappa shape index (κ1) is 15.8. The van der Waals surface area contributed by atoms with Gasteiger partial charge in [-0.3, -0.25) is 9.78 Å². The van der Waals surface area contributed by atoms with E-state index in [4.69, 9.17) is 0 Å². The first-order valence-electron chi connectivity index (χ1n) is 8.81. The molecule has 0 radical (unpaired) electrons. The summed E-state index contributed by atoms with van der Waals surface area (Å²) in [6, 6.07) is 18.7. The van der Waals surface area contributed by atoms with Gasteiger partial charge in [-0.25, -0.2) is 0 Å². The number of amides is 1. The molecule has 4 rings (SSSR count). The number of quaternary nitrogens is 1. The van der Waals surface area contributed by atoms with Crippen LogP contribution in [0.3, 0.4) is 0 Å². The van der Waals surface area contributed by atoms with Gasteiger partial charge in [-0.15, -0.1) is 0 Å². The fourth-order valence-corrected chi connectivity index (χ4v) is 3.59. The van der Waals surface area contributed by atoms with Gasteiger partial charge in [0.05, 0.1) is 31.7 Å². The van der Waals surface area contributed by atoms with Gasteiger partial charge < -0.3 is 9.80 Å². The van der Waals surface area contributed by atoms with Crippen molar-refractivity contribution < 1.29 is 9.69 Å². The van der Waals surface area contributed by atoms with E-state index in [2.05, 4.69) is 47.4 Å². The molecule has 0 saturated carbocycles. The van der Waals surface area contributed by atoms with Crippen LogP contribution in [-0.4, -0.2) is 42.0 Å². The van der Waals surface area contributed by atoms with Gasteiger partial charge in [-0.1, -0.05) is 42.5 Å². The number of nitrogens with one attached hydrogen (secondary N) is 1. The Labute approximate surface area is 147 Å². The Bertz CT molecular complexity index is 865. The molecule has 1 aliphatic rings. The summed E-state index contributed by atoms with van der Waals surface area (Å²) >= 11 is 0. The second-order valence-electron chi connectivity index (χ2n) is 6.60. The van der Waals surface area contributed by atoms with Crippen LogP contribution in [0.4, 0.5) is 0 Å². The van der Waals surface area contributed by atoms with Crippen molar-refractivity contribution >= 4 is 16.7 Å². The quantitative estimate of drug-likeness (QED) is 0.794. The van der Waals surface area contributed by atoms with Gasteiger partial charge in [0.1, 0.15) is 6.54 Å². The van der Waals surface area contributed by atoms with E-state index >= 15 is 0 Å². The molecular weight excluding hydrogens is 310 g/mol. The largest absolute Gasteiger partial charge is 0.328 e. The maximum absolute atomic E-state index is 12.5. The molecule has 0 spiro atoms. The van der Waals surface area contributed by atoms with Gasteiger partial charge in [0.25, 0.3) is 5.91 Å². The zero-order chi connectivity index (χ0) is 17.1. The van der Waals surface area contributed by atoms with Crippen LogP contribution in [-0.2, 0) is 6.54 Å². The number of hydrogen-bond donors (Lipinski definition) is 1. The minimum Gasteiger partial charge on any atom is -0.328 e. The van der Waals surface area contributed by atoms with Gasteiger partial charge in [-0.05, 0) is 22.9 Å². The predicted octanol–water partition coefficient (Wildman–Crippen LogP) is 1.78. The van der Waals surface area contributed by atoms with Crippen LogP contribution in [0.15, 0.2) is 67.0 Å². The number of carbonyl (C=O) groups excluding carboxylic acids is 1. The van der Waals surface area contributed by atoms with Crippen LogP contribution in [0.2, 0.25) is 0 Å². The number of pyridine rings is 1. The van der Waals surface area contributed by atoms with Crippen molar-refractivity contribution in [2.75, 3.05) is 26.2 Å². The van der Waals surface area contributed by atoms with Gasteiger partial charge in [0.15, 0.2) is 0 Å². The lowest BCUT2D eigenvalue weighted by Gasteiger charge is -2.32. The Morgan fingerprint density at radius 2 is 1.80 bits per heavy atom. The van der Waals surface area contributed by atoms with Crippen molar-refractivity contribution in [3.63, 3.8) is 0 Å². The Morgan fingerprint density at radius 1 is 1.00 bits per heavy atom. The zero-order valence-corrected chi connectivity index (χ0v) is 14.2. The average molecular weight is 332 g/mol. The first-order valence-corrected chi connectivity index (χ1v) is 8.81. The van der Waals surface area contributed by atoms with Crippen molar-refractivity contribution in [1.29, 1.82) is 0 Å². The second kappa shape index (κ2) is 7.03. The minimum atomic E-state index is 0.0947. The molecule has 1 fully saturated rings. The Kier molecular flexibility index (Phi) is 4.44. The number of nitrogens with zero attached hydrogens (tertiary/aromatic N) is 2. The van der Waals surface area contributed by atoms with Crippen molar-refractivity contribution in [3.8, 4) is 0 Å². The summed E-state index contributed by atoms with van der Waals surface area (Å²) in [5, 5.41) is 2.64. The van der Waals surface area contributed by atoms with Crippen LogP contribution in [0.5, 0.6) is 0 Å². The number of fused-ring (bicyclic) bond motifs is 1. The van der Waals surface area contributed by atoms with E-state index in [-0.39, 0.29) is 5.91 Å². The zero-order valence-electron chi connectivity index (χ0n) is 14.2. The van der Waals surface area contributed by atoms with E-state index in [1.54, 1.807) is 12.4 Å². The molecular formula is C21H22N3O+. The number of benzene rings is 2. The van der Waals surface area contributed by atoms with Crippen LogP contribution >= 0.6 is 0 Å². The number of piperazine rings is 1. The third-order valence-electron chi connectivity index (χ3n) is 4.99. The highest BCUT2D eigenvalue weighted by Gasteiger charge is 2.24. The lowest BCUT2D eigenvalue weighted by Crippen LogP contribution is -3.13. The molecule has 1 amide bonds. The molecule has 126 valence electrons. The SMILES string of the molecule is O=C(c1cccnc1)N1CC[NH+](Cc2cccc3ccccc23)CC1. The molecule has 1 saturated heterocycles. The number of rotatable bonds is 3. The molecule has 4 nitrogen and oxygen atoms in total. The summed E-state index contributed by atoms with van der Waals surface area (Å²) in [5.74, 6) is 0.0947. The highest BCUT2D eigenvalue weighted by molar-refractivity contribution is 5.93. The van der Waals surface area contributed by atoms with E-state index in [1.807, 2.05) is 17.0 Å². The van der Waals surface area contributed by atoms with E-state index in [0.717, 1.165) is 32.7 Å². The lowest BCUT2D eigenvalue weighted by atomic mass is 10.0. The number of carbonyl (C=O) groups is 1. The maximum atomic E-state index is 12.5. The van der Waals surface area contributed by atoms with Gasteiger partial charge in [0.2, 0.25) is 0 Å². The standard InChI is InChI=1S/C21H21N3O/c25-21(18-8-4-10-22-15-18)24-13-11-23(12-14-24)16-19-7-3-6-17-5-1-2-9-20(17)19/h1-10,15H,11-14,16H2/p+1. The van der Waals surface area contributed by atoms with Gasteiger partial charge in [0, 0.05) is 18.0 Å². The summed E-state index contributed by atoms with van der Waals surface area (Å²) in [7, 11) is 0. The average Bonchev–Trinajstić information content (AvgIpc) is 2.69. The molecule has 0 unspecified atom stereocenters. The normalized spacial score (nSPS) is 15.4. The van der Waals surface area contributed by atoms with Gasteiger partial charge in [-0.2, -0.15) is 0 Å². The molecule has 0 bridgehead atoms. The van der Waals surface area contributed by atoms with Crippen LogP contribution in [0.1, 0.15) is 15.9 Å². The third-order valence-corrected chi connectivity index (χ3v) is 4.99. The Hall–Kier alpha value is -2.72. The summed E-state index contributed by atoms with van der Waals surface area (Å²) in [6.07, 6.45) is 3.35. The summed E-state index contributed by atoms with van der Waals surface area (Å²) < 4.78 is 0. The van der Waals surface area contributed by atoms with E-state index in [1.165, 1.54) is 21.2 Å². The number of aromatic nitrogens is 1. The van der Waals surface area contributed by atoms with Crippen molar-refractivity contribution in [1.82, 2.24) is 9.88 Å². The van der Waals surface area contributed by atoms with Crippen LogP contribution in [0.25, 0.3) is 10.8 Å². The molecule has 0 aliphatic carbocycles. The van der Waals surface area contributed by atoms with Crippen LogP contribution in [0, 0.1) is 0 Å². The summed E-state index contributed by atoms with van der Waals surface area (Å²) in [4.78, 5) is 20.0. The Balaban J connectivity index is 1.41. The third kappa shape index (κ3) is 3.39. The highest BCUT2D eigenvalue weighted by atomic mass is 16.2. The molecule has 1 aliphatic heterocycles. The summed E-state index contributed by atoms with van der Waals surface area (Å²) in [6.45, 7) is 4.57. The van der Waals surface area contributed by atoms with Crippen molar-refractivity contribution in [2.24, 2.45) is 0 Å². The first-order chi connectivity index (χ1) is 12.3. The number of hydrogen-bond acceptors (Lipinski definition) is 2. The smallest absolute Gasteiger partial charge is 0.255 e. The second-order valence-corrected chi connectivity index (χ2v) is 6.60. The fraction of sp³-hybridized carbons (Fsp3) is 0.238. The van der Waals surface area contributed by atoms with Crippen molar-refractivity contribution in [2.45, 2.75) is 6.54 Å². The topological polar surface area (TPSA) is 37.6 Å². The van der Waals surface area contributed by atoms with Crippen LogP contribution < -0.4 is 4.90 Å². The molecule has 2 aromatic carbocycles. The monoisotopic (exact) mass is 332 g/mol. The Morgan fingerprint density at radius 3 is 2.60 bits per heavy atom.